The fraction of sp³-hybridized carbons (Fsp3) is 0.609. The van der Waals surface area contributed by atoms with Crippen LogP contribution in [0.4, 0.5) is 5.69 Å². The molecule has 1 aromatic carbocycles. The van der Waals surface area contributed by atoms with Gasteiger partial charge in [0.15, 0.2) is 0 Å². The van der Waals surface area contributed by atoms with E-state index in [4.69, 9.17) is 0 Å². The largest absolute Gasteiger partial charge is 0.353 e. The van der Waals surface area contributed by atoms with Crippen LogP contribution in [-0.4, -0.2) is 48.3 Å². The molecule has 6 heteroatoms. The molecule has 3 fully saturated rings. The third-order valence-corrected chi connectivity index (χ3v) is 6.67. The lowest BCUT2D eigenvalue weighted by Crippen LogP contribution is -2.47. The summed E-state index contributed by atoms with van der Waals surface area (Å²) in [4.78, 5) is 41.5. The molecule has 2 saturated heterocycles. The molecule has 0 radical (unpaired) electrons. The molecule has 2 aliphatic heterocycles. The minimum absolute atomic E-state index is 0.00648. The van der Waals surface area contributed by atoms with E-state index in [0.717, 1.165) is 18.5 Å². The summed E-state index contributed by atoms with van der Waals surface area (Å²) >= 11 is 0. The number of benzene rings is 1. The Balaban J connectivity index is 1.27. The van der Waals surface area contributed by atoms with Crippen LogP contribution in [-0.2, 0) is 14.4 Å². The molecule has 1 atom stereocenters. The van der Waals surface area contributed by atoms with Crippen molar-refractivity contribution in [2.75, 3.05) is 24.5 Å². The number of hydrogen-bond donors (Lipinski definition) is 1. The molecular weight excluding hydrogens is 366 g/mol. The molecule has 1 aromatic rings. The van der Waals surface area contributed by atoms with Gasteiger partial charge in [-0.25, -0.2) is 0 Å². The molecule has 29 heavy (non-hydrogen) atoms. The molecule has 1 aliphatic carbocycles. The number of carbonyl (C=O) groups excluding carboxylic acids is 3. The van der Waals surface area contributed by atoms with Gasteiger partial charge in [0, 0.05) is 43.7 Å². The van der Waals surface area contributed by atoms with Crippen LogP contribution in [0, 0.1) is 11.8 Å². The molecule has 1 N–H and O–H groups in total. The highest BCUT2D eigenvalue weighted by Gasteiger charge is 2.38. The van der Waals surface area contributed by atoms with E-state index in [9.17, 15) is 14.4 Å². The normalized spacial score (nSPS) is 24.0. The summed E-state index contributed by atoms with van der Waals surface area (Å²) in [7, 11) is 0. The van der Waals surface area contributed by atoms with Crippen LogP contribution in [0.1, 0.15) is 51.4 Å². The first-order chi connectivity index (χ1) is 14.1. The molecule has 0 aromatic heterocycles. The van der Waals surface area contributed by atoms with Crippen LogP contribution in [0.5, 0.6) is 0 Å². The molecule has 2 heterocycles. The maximum Gasteiger partial charge on any atom is 0.228 e. The van der Waals surface area contributed by atoms with Crippen LogP contribution in [0.2, 0.25) is 0 Å². The second kappa shape index (κ2) is 8.97. The second-order valence-corrected chi connectivity index (χ2v) is 8.68. The van der Waals surface area contributed by atoms with Crippen molar-refractivity contribution in [2.45, 2.75) is 57.4 Å². The summed E-state index contributed by atoms with van der Waals surface area (Å²) in [6, 6.07) is 9.87. The minimum Gasteiger partial charge on any atom is -0.353 e. The average molecular weight is 398 g/mol. The number of nitrogens with zero attached hydrogens (tertiary/aromatic N) is 2. The number of nitrogens with one attached hydrogen (secondary N) is 1. The lowest BCUT2D eigenvalue weighted by atomic mass is 9.92. The Hall–Kier alpha value is -2.37. The SMILES string of the molecule is O=C(NC1CCCCC1)C1CCN(C(=O)C2CC(=O)N(c3ccccc3)C2)CC1. The number of para-hydroxylation sites is 1. The zero-order valence-electron chi connectivity index (χ0n) is 17.0. The zero-order chi connectivity index (χ0) is 20.2. The van der Waals surface area contributed by atoms with Gasteiger partial charge in [-0.2, -0.15) is 0 Å². The quantitative estimate of drug-likeness (QED) is 0.849. The van der Waals surface area contributed by atoms with Crippen molar-refractivity contribution in [3.8, 4) is 0 Å². The fourth-order valence-corrected chi connectivity index (χ4v) is 4.92. The van der Waals surface area contributed by atoms with Crippen LogP contribution in [0.15, 0.2) is 30.3 Å². The van der Waals surface area contributed by atoms with Gasteiger partial charge in [-0.3, -0.25) is 14.4 Å². The third-order valence-electron chi connectivity index (χ3n) is 6.67. The van der Waals surface area contributed by atoms with Crippen LogP contribution in [0.25, 0.3) is 0 Å². The van der Waals surface area contributed by atoms with E-state index in [1.54, 1.807) is 4.90 Å². The highest BCUT2D eigenvalue weighted by molar-refractivity contribution is 6.00. The molecule has 0 bridgehead atoms. The van der Waals surface area contributed by atoms with Crippen molar-refractivity contribution in [1.29, 1.82) is 0 Å². The molecule has 3 amide bonds. The molecule has 1 unspecified atom stereocenters. The van der Waals surface area contributed by atoms with Gasteiger partial charge < -0.3 is 15.1 Å². The van der Waals surface area contributed by atoms with Crippen LogP contribution >= 0.6 is 0 Å². The first kappa shape index (κ1) is 19.9. The number of amides is 3. The predicted octanol–water partition coefficient (Wildman–Crippen LogP) is 2.73. The Morgan fingerprint density at radius 3 is 2.28 bits per heavy atom. The van der Waals surface area contributed by atoms with Gasteiger partial charge >= 0.3 is 0 Å². The van der Waals surface area contributed by atoms with Gasteiger partial charge in [-0.1, -0.05) is 37.5 Å². The zero-order valence-corrected chi connectivity index (χ0v) is 17.0. The number of rotatable bonds is 4. The Bertz CT molecular complexity index is 737. The molecule has 1 saturated carbocycles. The Morgan fingerprint density at radius 1 is 0.897 bits per heavy atom. The molecular formula is C23H31N3O3. The summed E-state index contributed by atoms with van der Waals surface area (Å²) in [5, 5.41) is 3.22. The van der Waals surface area contributed by atoms with Crippen LogP contribution < -0.4 is 10.2 Å². The predicted molar refractivity (Wildman–Crippen MR) is 111 cm³/mol. The van der Waals surface area contributed by atoms with Crippen molar-refractivity contribution in [1.82, 2.24) is 10.2 Å². The summed E-state index contributed by atoms with van der Waals surface area (Å²) in [6.45, 7) is 1.67. The van der Waals surface area contributed by atoms with Crippen molar-refractivity contribution in [3.63, 3.8) is 0 Å². The fourth-order valence-electron chi connectivity index (χ4n) is 4.92. The number of anilines is 1. The van der Waals surface area contributed by atoms with E-state index in [2.05, 4.69) is 5.32 Å². The standard InChI is InChI=1S/C23H31N3O3/c27-21-15-18(16-26(21)20-9-5-2-6-10-20)23(29)25-13-11-17(12-14-25)22(28)24-19-7-3-1-4-8-19/h2,5-6,9-10,17-19H,1,3-4,7-8,11-16H2,(H,24,28). The van der Waals surface area contributed by atoms with Crippen LogP contribution in [0.3, 0.4) is 0 Å². The van der Waals surface area contributed by atoms with Gasteiger partial charge in [0.1, 0.15) is 0 Å². The third kappa shape index (κ3) is 4.62. The van der Waals surface area contributed by atoms with E-state index in [0.29, 0.717) is 38.5 Å². The lowest BCUT2D eigenvalue weighted by Gasteiger charge is -2.34. The van der Waals surface area contributed by atoms with Gasteiger partial charge in [0.2, 0.25) is 17.7 Å². The monoisotopic (exact) mass is 397 g/mol. The van der Waals surface area contributed by atoms with Crippen molar-refractivity contribution in [2.24, 2.45) is 11.8 Å². The number of piperidine rings is 1. The van der Waals surface area contributed by atoms with Crippen molar-refractivity contribution >= 4 is 23.4 Å². The van der Waals surface area contributed by atoms with Gasteiger partial charge in [0.25, 0.3) is 0 Å². The first-order valence-electron chi connectivity index (χ1n) is 11.1. The van der Waals surface area contributed by atoms with E-state index >= 15 is 0 Å². The number of carbonyl (C=O) groups is 3. The summed E-state index contributed by atoms with van der Waals surface area (Å²) in [5.41, 5.74) is 0.853. The van der Waals surface area contributed by atoms with Gasteiger partial charge in [-0.05, 0) is 37.8 Å². The maximum atomic E-state index is 13.0. The van der Waals surface area contributed by atoms with Crippen molar-refractivity contribution in [3.05, 3.63) is 30.3 Å². The molecule has 6 nitrogen and oxygen atoms in total. The highest BCUT2D eigenvalue weighted by atomic mass is 16.2. The Morgan fingerprint density at radius 2 is 1.59 bits per heavy atom. The lowest BCUT2D eigenvalue weighted by molar-refractivity contribution is -0.139. The van der Waals surface area contributed by atoms with Gasteiger partial charge in [-0.15, -0.1) is 0 Å². The molecule has 0 spiro atoms. The van der Waals surface area contributed by atoms with E-state index in [-0.39, 0.29) is 36.0 Å². The smallest absolute Gasteiger partial charge is 0.228 e. The molecule has 156 valence electrons. The minimum atomic E-state index is -0.282. The summed E-state index contributed by atoms with van der Waals surface area (Å²) in [6.07, 6.45) is 7.58. The Labute approximate surface area is 172 Å². The topological polar surface area (TPSA) is 69.7 Å². The Kier molecular flexibility index (Phi) is 6.16. The van der Waals surface area contributed by atoms with E-state index in [1.807, 2.05) is 35.2 Å². The molecule has 3 aliphatic rings. The highest BCUT2D eigenvalue weighted by Crippen LogP contribution is 2.28. The first-order valence-corrected chi connectivity index (χ1v) is 11.1. The summed E-state index contributed by atoms with van der Waals surface area (Å²) in [5.74, 6) is -0.0446. The second-order valence-electron chi connectivity index (χ2n) is 8.68. The number of likely N-dealkylation sites (tertiary alicyclic amines) is 1. The number of hydrogen-bond acceptors (Lipinski definition) is 3. The van der Waals surface area contributed by atoms with Crippen molar-refractivity contribution < 1.29 is 14.4 Å². The maximum absolute atomic E-state index is 13.0. The van der Waals surface area contributed by atoms with Gasteiger partial charge in [0.05, 0.1) is 5.92 Å². The molecule has 4 rings (SSSR count). The summed E-state index contributed by atoms with van der Waals surface area (Å²) < 4.78 is 0. The average Bonchev–Trinajstić information content (AvgIpc) is 3.16. The van der Waals surface area contributed by atoms with E-state index in [1.165, 1.54) is 19.3 Å². The van der Waals surface area contributed by atoms with E-state index < -0.39 is 0 Å².